The molecule has 146 valence electrons. The maximum Gasteiger partial charge on any atom is 0.0578 e. The molecule has 2 aliphatic rings. The molecule has 1 aromatic rings. The summed E-state index contributed by atoms with van der Waals surface area (Å²) < 4.78 is 5.98. The molecule has 1 aliphatic carbocycles. The fraction of sp³-hybridized carbons (Fsp3) is 0.727. The molecule has 1 aromatic carbocycles. The van der Waals surface area contributed by atoms with Crippen molar-refractivity contribution in [3.8, 4) is 0 Å². The van der Waals surface area contributed by atoms with Crippen LogP contribution in [0, 0.1) is 6.92 Å². The number of nitrogens with zero attached hydrogens (tertiary/aromatic N) is 1. The molecule has 0 aromatic heterocycles. The number of rotatable bonds is 6. The van der Waals surface area contributed by atoms with Gasteiger partial charge in [0.15, 0.2) is 0 Å². The summed E-state index contributed by atoms with van der Waals surface area (Å²) in [6, 6.07) is 6.78. The molecule has 0 spiro atoms. The standard InChI is InChI=1S/C22H37N3O/c1-4-15-26-19-7-11-22(3,12-8-19)25-13-9-18(10-14-25)24-21-16-17(2)5-6-20(21)23/h5-6,16,18-19,24H,4,7-15,23H2,1-3H3/t19-,22-. The van der Waals surface area contributed by atoms with E-state index >= 15 is 0 Å². The molecule has 0 radical (unpaired) electrons. The predicted molar refractivity (Wildman–Crippen MR) is 111 cm³/mol. The Bertz CT molecular complexity index is 573. The van der Waals surface area contributed by atoms with E-state index in [2.05, 4.69) is 43.1 Å². The molecule has 26 heavy (non-hydrogen) atoms. The number of ether oxygens (including phenoxy) is 1. The Morgan fingerprint density at radius 1 is 1.19 bits per heavy atom. The molecule has 0 bridgehead atoms. The van der Waals surface area contributed by atoms with Crippen molar-refractivity contribution in [3.05, 3.63) is 23.8 Å². The quantitative estimate of drug-likeness (QED) is 0.730. The van der Waals surface area contributed by atoms with Gasteiger partial charge < -0.3 is 15.8 Å². The maximum absolute atomic E-state index is 6.13. The van der Waals surface area contributed by atoms with Gasteiger partial charge in [-0.3, -0.25) is 4.90 Å². The third-order valence-corrected chi connectivity index (χ3v) is 6.39. The van der Waals surface area contributed by atoms with Crippen LogP contribution in [0.15, 0.2) is 18.2 Å². The van der Waals surface area contributed by atoms with Gasteiger partial charge in [-0.1, -0.05) is 13.0 Å². The molecule has 4 heteroatoms. The van der Waals surface area contributed by atoms with Crippen LogP contribution in [-0.4, -0.2) is 42.3 Å². The second kappa shape index (κ2) is 8.62. The minimum absolute atomic E-state index is 0.361. The molecule has 1 heterocycles. The van der Waals surface area contributed by atoms with Gasteiger partial charge in [-0.25, -0.2) is 0 Å². The zero-order valence-corrected chi connectivity index (χ0v) is 16.9. The molecule has 0 unspecified atom stereocenters. The minimum Gasteiger partial charge on any atom is -0.397 e. The summed E-state index contributed by atoms with van der Waals surface area (Å²) in [6.45, 7) is 10.1. The SMILES string of the molecule is CCCO[C@H]1CC[C@](C)(N2CCC(Nc3cc(C)ccc3N)CC2)CC1. The van der Waals surface area contributed by atoms with Crippen LogP contribution >= 0.6 is 0 Å². The molecular weight excluding hydrogens is 322 g/mol. The lowest BCUT2D eigenvalue weighted by atomic mass is 9.79. The van der Waals surface area contributed by atoms with E-state index in [0.717, 1.165) is 24.4 Å². The normalized spacial score (nSPS) is 28.2. The third-order valence-electron chi connectivity index (χ3n) is 6.39. The first-order valence-electron chi connectivity index (χ1n) is 10.5. The van der Waals surface area contributed by atoms with Gasteiger partial charge in [0.2, 0.25) is 0 Å². The van der Waals surface area contributed by atoms with E-state index in [1.807, 2.05) is 6.07 Å². The summed E-state index contributed by atoms with van der Waals surface area (Å²) in [5.74, 6) is 0. The Hall–Kier alpha value is -1.26. The van der Waals surface area contributed by atoms with Crippen LogP contribution in [0.1, 0.15) is 64.4 Å². The van der Waals surface area contributed by atoms with Crippen LogP contribution in [0.3, 0.4) is 0 Å². The van der Waals surface area contributed by atoms with Crippen molar-refractivity contribution >= 4 is 11.4 Å². The van der Waals surface area contributed by atoms with Crippen LogP contribution in [0.4, 0.5) is 11.4 Å². The summed E-state index contributed by atoms with van der Waals surface area (Å²) in [6.07, 6.45) is 8.97. The van der Waals surface area contributed by atoms with Crippen molar-refractivity contribution in [2.24, 2.45) is 0 Å². The van der Waals surface area contributed by atoms with E-state index in [-0.39, 0.29) is 0 Å². The first-order chi connectivity index (χ1) is 12.5. The maximum atomic E-state index is 6.13. The van der Waals surface area contributed by atoms with Gasteiger partial charge in [0.25, 0.3) is 0 Å². The Kier molecular flexibility index (Phi) is 6.46. The first kappa shape index (κ1) is 19.5. The molecule has 0 amide bonds. The lowest BCUT2D eigenvalue weighted by Crippen LogP contribution is -2.53. The Labute approximate surface area is 159 Å². The van der Waals surface area contributed by atoms with E-state index in [0.29, 0.717) is 17.7 Å². The molecule has 2 fully saturated rings. The zero-order chi connectivity index (χ0) is 18.6. The molecule has 0 atom stereocenters. The molecule has 3 rings (SSSR count). The topological polar surface area (TPSA) is 50.5 Å². The lowest BCUT2D eigenvalue weighted by molar-refractivity contribution is -0.0277. The zero-order valence-electron chi connectivity index (χ0n) is 16.9. The molecule has 1 saturated carbocycles. The highest BCUT2D eigenvalue weighted by molar-refractivity contribution is 5.67. The number of piperidine rings is 1. The van der Waals surface area contributed by atoms with Gasteiger partial charge in [-0.05, 0) is 76.5 Å². The van der Waals surface area contributed by atoms with E-state index < -0.39 is 0 Å². The summed E-state index contributed by atoms with van der Waals surface area (Å²) in [5.41, 5.74) is 9.71. The number of nitrogen functional groups attached to an aromatic ring is 1. The fourth-order valence-corrected chi connectivity index (χ4v) is 4.56. The number of aryl methyl sites for hydroxylation is 1. The molecule has 4 nitrogen and oxygen atoms in total. The third kappa shape index (κ3) is 4.72. The van der Waals surface area contributed by atoms with Crippen molar-refractivity contribution < 1.29 is 4.74 Å². The molecule has 1 saturated heterocycles. The highest BCUT2D eigenvalue weighted by atomic mass is 16.5. The number of anilines is 2. The van der Waals surface area contributed by atoms with E-state index in [1.54, 1.807) is 0 Å². The van der Waals surface area contributed by atoms with Crippen molar-refractivity contribution in [3.63, 3.8) is 0 Å². The Morgan fingerprint density at radius 3 is 2.54 bits per heavy atom. The Morgan fingerprint density at radius 2 is 1.88 bits per heavy atom. The lowest BCUT2D eigenvalue weighted by Gasteiger charge is -2.48. The summed E-state index contributed by atoms with van der Waals surface area (Å²) in [5, 5.41) is 3.68. The van der Waals surface area contributed by atoms with Crippen LogP contribution < -0.4 is 11.1 Å². The van der Waals surface area contributed by atoms with Crippen LogP contribution in [0.5, 0.6) is 0 Å². The van der Waals surface area contributed by atoms with E-state index in [4.69, 9.17) is 10.5 Å². The highest BCUT2D eigenvalue weighted by Gasteiger charge is 2.38. The average molecular weight is 360 g/mol. The van der Waals surface area contributed by atoms with Crippen molar-refractivity contribution in [1.82, 2.24) is 4.90 Å². The van der Waals surface area contributed by atoms with Crippen molar-refractivity contribution in [2.75, 3.05) is 30.7 Å². The number of hydrogen-bond donors (Lipinski definition) is 2. The Balaban J connectivity index is 1.48. The second-order valence-corrected chi connectivity index (χ2v) is 8.56. The molecule has 1 aliphatic heterocycles. The molecular formula is C22H37N3O. The largest absolute Gasteiger partial charge is 0.397 e. The molecule has 3 N–H and O–H groups in total. The van der Waals surface area contributed by atoms with Gasteiger partial charge in [0.05, 0.1) is 17.5 Å². The van der Waals surface area contributed by atoms with Gasteiger partial charge in [-0.2, -0.15) is 0 Å². The van der Waals surface area contributed by atoms with Crippen LogP contribution in [-0.2, 0) is 4.74 Å². The van der Waals surface area contributed by atoms with Gasteiger partial charge in [0, 0.05) is 31.3 Å². The number of likely N-dealkylation sites (tertiary alicyclic amines) is 1. The van der Waals surface area contributed by atoms with Crippen LogP contribution in [0.25, 0.3) is 0 Å². The van der Waals surface area contributed by atoms with E-state index in [1.165, 1.54) is 57.2 Å². The smallest absolute Gasteiger partial charge is 0.0578 e. The predicted octanol–water partition coefficient (Wildman–Crippen LogP) is 4.58. The summed E-state index contributed by atoms with van der Waals surface area (Å²) in [7, 11) is 0. The van der Waals surface area contributed by atoms with Crippen molar-refractivity contribution in [1.29, 1.82) is 0 Å². The van der Waals surface area contributed by atoms with Gasteiger partial charge in [0.1, 0.15) is 0 Å². The van der Waals surface area contributed by atoms with Gasteiger partial charge in [-0.15, -0.1) is 0 Å². The first-order valence-corrected chi connectivity index (χ1v) is 10.5. The summed E-state index contributed by atoms with van der Waals surface area (Å²) >= 11 is 0. The average Bonchev–Trinajstić information content (AvgIpc) is 2.65. The number of nitrogens with one attached hydrogen (secondary N) is 1. The number of benzene rings is 1. The summed E-state index contributed by atoms with van der Waals surface area (Å²) in [4.78, 5) is 2.74. The van der Waals surface area contributed by atoms with Crippen molar-refractivity contribution in [2.45, 2.75) is 83.4 Å². The number of hydrogen-bond acceptors (Lipinski definition) is 4. The van der Waals surface area contributed by atoms with Gasteiger partial charge >= 0.3 is 0 Å². The highest BCUT2D eigenvalue weighted by Crippen LogP contribution is 2.36. The number of nitrogens with two attached hydrogens (primary N) is 1. The van der Waals surface area contributed by atoms with E-state index in [9.17, 15) is 0 Å². The monoisotopic (exact) mass is 359 g/mol. The minimum atomic E-state index is 0.361. The van der Waals surface area contributed by atoms with Crippen LogP contribution in [0.2, 0.25) is 0 Å². The fourth-order valence-electron chi connectivity index (χ4n) is 4.56. The second-order valence-electron chi connectivity index (χ2n) is 8.56.